The molecular weight excluding hydrogens is 256 g/mol. The van der Waals surface area contributed by atoms with Gasteiger partial charge in [0.15, 0.2) is 0 Å². The van der Waals surface area contributed by atoms with Crippen molar-refractivity contribution in [1.82, 2.24) is 4.57 Å². The van der Waals surface area contributed by atoms with E-state index in [0.717, 1.165) is 4.47 Å². The molecule has 0 aliphatic heterocycles. The number of pyridine rings is 1. The number of halogens is 1. The summed E-state index contributed by atoms with van der Waals surface area (Å²) in [5.74, 6) is 0. The van der Waals surface area contributed by atoms with E-state index in [2.05, 4.69) is 20.3 Å². The molecule has 0 aromatic carbocycles. The van der Waals surface area contributed by atoms with Gasteiger partial charge in [-0.05, 0) is 15.9 Å². The van der Waals surface area contributed by atoms with E-state index in [9.17, 15) is 4.79 Å². The summed E-state index contributed by atoms with van der Waals surface area (Å²) in [7, 11) is 1.66. The molecule has 1 N–H and O–H groups in total. The van der Waals surface area contributed by atoms with Gasteiger partial charge in [0.05, 0.1) is 0 Å². The zero-order valence-corrected chi connectivity index (χ0v) is 9.17. The fraction of sp³-hybridized carbons (Fsp3) is 0.143. The normalized spacial score (nSPS) is 11.0. The van der Waals surface area contributed by atoms with Crippen LogP contribution < -0.4 is 5.56 Å². The van der Waals surface area contributed by atoms with Crippen molar-refractivity contribution in [3.63, 3.8) is 0 Å². The van der Waals surface area contributed by atoms with E-state index >= 15 is 0 Å². The second kappa shape index (κ2) is 4.59. The minimum Gasteiger partial charge on any atom is -0.317 e. The molecule has 1 rings (SSSR count). The molecule has 4 nitrogen and oxygen atoms in total. The monoisotopic (exact) mass is 262 g/mol. The first-order chi connectivity index (χ1) is 6.15. The van der Waals surface area contributed by atoms with Gasteiger partial charge in [-0.1, -0.05) is 0 Å². The molecule has 0 unspecified atom stereocenters. The Kier molecular flexibility index (Phi) is 3.71. The third-order valence-corrected chi connectivity index (χ3v) is 2.31. The standard InChI is InChI=1S/C7H7BrN2O2S/c1-10-4-6(8)5(2-7(10)11)3-9-13-12/h2-4,12H,1H3. The van der Waals surface area contributed by atoms with E-state index < -0.39 is 0 Å². The molecule has 1 aromatic heterocycles. The number of hydrogen-bond acceptors (Lipinski definition) is 4. The van der Waals surface area contributed by atoms with Crippen molar-refractivity contribution in [1.29, 1.82) is 0 Å². The average molecular weight is 263 g/mol. The van der Waals surface area contributed by atoms with Crippen LogP contribution >= 0.6 is 28.2 Å². The van der Waals surface area contributed by atoms with Crippen molar-refractivity contribution in [2.24, 2.45) is 11.4 Å². The van der Waals surface area contributed by atoms with Crippen LogP contribution in [0.5, 0.6) is 0 Å². The zero-order valence-electron chi connectivity index (χ0n) is 6.77. The van der Waals surface area contributed by atoms with E-state index in [1.165, 1.54) is 16.8 Å². The molecule has 6 heteroatoms. The summed E-state index contributed by atoms with van der Waals surface area (Å²) in [6.07, 6.45) is 3.06. The lowest BCUT2D eigenvalue weighted by molar-refractivity contribution is 0.666. The number of aromatic nitrogens is 1. The first-order valence-electron chi connectivity index (χ1n) is 3.35. The maximum absolute atomic E-state index is 11.2. The van der Waals surface area contributed by atoms with Crippen LogP contribution in [-0.2, 0) is 7.05 Å². The van der Waals surface area contributed by atoms with Crippen molar-refractivity contribution < 1.29 is 4.55 Å². The van der Waals surface area contributed by atoms with E-state index in [0.29, 0.717) is 17.8 Å². The predicted molar refractivity (Wildman–Crippen MR) is 57.2 cm³/mol. The molecule has 0 spiro atoms. The van der Waals surface area contributed by atoms with Crippen LogP contribution in [0.3, 0.4) is 0 Å². The van der Waals surface area contributed by atoms with Crippen molar-refractivity contribution in [3.05, 3.63) is 32.7 Å². The number of nitrogens with zero attached hydrogens (tertiary/aromatic N) is 2. The summed E-state index contributed by atoms with van der Waals surface area (Å²) in [6.45, 7) is 0. The minimum absolute atomic E-state index is 0.118. The van der Waals surface area contributed by atoms with Gasteiger partial charge in [-0.25, -0.2) is 0 Å². The summed E-state index contributed by atoms with van der Waals surface area (Å²) >= 11 is 3.62. The van der Waals surface area contributed by atoms with Gasteiger partial charge in [0.1, 0.15) is 12.2 Å². The molecule has 1 aromatic rings. The topological polar surface area (TPSA) is 54.6 Å². The summed E-state index contributed by atoms with van der Waals surface area (Å²) in [5.41, 5.74) is 0.525. The number of hydrogen-bond donors (Lipinski definition) is 1. The lowest BCUT2D eigenvalue weighted by atomic mass is 10.3. The smallest absolute Gasteiger partial charge is 0.250 e. The number of aryl methyl sites for hydroxylation is 1. The first kappa shape index (κ1) is 10.5. The molecule has 70 valence electrons. The molecule has 0 bridgehead atoms. The molecular formula is C7H7BrN2O2S. The Balaban J connectivity index is 3.16. The second-order valence-electron chi connectivity index (χ2n) is 2.34. The largest absolute Gasteiger partial charge is 0.317 e. The SMILES string of the molecule is Cn1cc(Br)c(C=NSO)cc1=O. The molecule has 13 heavy (non-hydrogen) atoms. The molecule has 0 saturated carbocycles. The van der Waals surface area contributed by atoms with Crippen molar-refractivity contribution >= 4 is 34.4 Å². The van der Waals surface area contributed by atoms with Gasteiger partial charge in [0.25, 0.3) is 5.56 Å². The van der Waals surface area contributed by atoms with Crippen LogP contribution in [0.15, 0.2) is 25.9 Å². The number of rotatable bonds is 2. The van der Waals surface area contributed by atoms with E-state index in [-0.39, 0.29) is 5.56 Å². The molecule has 0 radical (unpaired) electrons. The molecule has 0 aliphatic rings. The maximum Gasteiger partial charge on any atom is 0.250 e. The summed E-state index contributed by atoms with van der Waals surface area (Å²) < 4.78 is 14.1. The molecule has 0 fully saturated rings. The summed E-state index contributed by atoms with van der Waals surface area (Å²) in [4.78, 5) is 11.2. The second-order valence-corrected chi connectivity index (χ2v) is 3.57. The molecule has 0 atom stereocenters. The highest BCUT2D eigenvalue weighted by molar-refractivity contribution is 9.10. The van der Waals surface area contributed by atoms with Crippen molar-refractivity contribution in [3.8, 4) is 0 Å². The van der Waals surface area contributed by atoms with Gasteiger partial charge in [0.2, 0.25) is 0 Å². The fourth-order valence-corrected chi connectivity index (χ4v) is 1.48. The Morgan fingerprint density at radius 3 is 3.08 bits per heavy atom. The van der Waals surface area contributed by atoms with E-state index in [1.807, 2.05) is 0 Å². The highest BCUT2D eigenvalue weighted by Gasteiger charge is 1.99. The van der Waals surface area contributed by atoms with Crippen LogP contribution in [0.1, 0.15) is 5.56 Å². The van der Waals surface area contributed by atoms with E-state index in [1.54, 1.807) is 13.2 Å². The highest BCUT2D eigenvalue weighted by atomic mass is 79.9. The third kappa shape index (κ3) is 2.68. The Bertz CT molecular complexity index is 389. The zero-order chi connectivity index (χ0) is 9.84. The van der Waals surface area contributed by atoms with Crippen LogP contribution in [0, 0.1) is 0 Å². The Morgan fingerprint density at radius 2 is 2.46 bits per heavy atom. The highest BCUT2D eigenvalue weighted by Crippen LogP contribution is 2.12. The Hall–Kier alpha value is -0.590. The lowest BCUT2D eigenvalue weighted by Crippen LogP contribution is -2.15. The first-order valence-corrected chi connectivity index (χ1v) is 4.87. The van der Waals surface area contributed by atoms with E-state index in [4.69, 9.17) is 4.55 Å². The van der Waals surface area contributed by atoms with Gasteiger partial charge < -0.3 is 9.12 Å². The van der Waals surface area contributed by atoms with Gasteiger partial charge in [-0.2, -0.15) is 4.40 Å². The van der Waals surface area contributed by atoms with Gasteiger partial charge in [-0.3, -0.25) is 4.79 Å². The van der Waals surface area contributed by atoms with Crippen LogP contribution in [0.25, 0.3) is 0 Å². The molecule has 1 heterocycles. The minimum atomic E-state index is -0.118. The van der Waals surface area contributed by atoms with Crippen LogP contribution in [0.4, 0.5) is 0 Å². The summed E-state index contributed by atoms with van der Waals surface area (Å²) in [6, 6.07) is 1.43. The quantitative estimate of drug-likeness (QED) is 0.502. The molecule has 0 amide bonds. The van der Waals surface area contributed by atoms with Gasteiger partial charge in [-0.15, -0.1) is 0 Å². The maximum atomic E-state index is 11.2. The molecule has 0 aliphatic carbocycles. The summed E-state index contributed by atoms with van der Waals surface area (Å²) in [5, 5.41) is 0. The third-order valence-electron chi connectivity index (χ3n) is 1.45. The fourth-order valence-electron chi connectivity index (χ4n) is 0.791. The average Bonchev–Trinajstić information content (AvgIpc) is 2.09. The van der Waals surface area contributed by atoms with Crippen LogP contribution in [-0.4, -0.2) is 15.3 Å². The van der Waals surface area contributed by atoms with Crippen molar-refractivity contribution in [2.75, 3.05) is 0 Å². The molecule has 0 saturated heterocycles. The van der Waals surface area contributed by atoms with Crippen LogP contribution in [0.2, 0.25) is 0 Å². The van der Waals surface area contributed by atoms with Gasteiger partial charge in [0, 0.05) is 35.6 Å². The van der Waals surface area contributed by atoms with Gasteiger partial charge >= 0.3 is 0 Å². The lowest BCUT2D eigenvalue weighted by Gasteiger charge is -2.00. The Labute approximate surface area is 87.8 Å². The Morgan fingerprint density at radius 1 is 1.77 bits per heavy atom. The van der Waals surface area contributed by atoms with Crippen molar-refractivity contribution in [2.45, 2.75) is 0 Å². The predicted octanol–water partition coefficient (Wildman–Crippen LogP) is 1.69.